The number of pyridine rings is 1. The molecular weight excluding hydrogens is 436 g/mol. The van der Waals surface area contributed by atoms with Crippen molar-refractivity contribution in [3.8, 4) is 11.1 Å². The number of rotatable bonds is 5. The molecule has 4 nitrogen and oxygen atoms in total. The molecule has 0 bridgehead atoms. The van der Waals surface area contributed by atoms with Crippen LogP contribution in [0.1, 0.15) is 18.5 Å². The molecule has 0 saturated heterocycles. The Bertz CT molecular complexity index is 1040. The van der Waals surface area contributed by atoms with Crippen LogP contribution in [0.4, 0.5) is 0 Å². The van der Waals surface area contributed by atoms with Gasteiger partial charge >= 0.3 is 0 Å². The molecule has 7 heteroatoms. The summed E-state index contributed by atoms with van der Waals surface area (Å²) in [4.78, 5) is 4.20. The Morgan fingerprint density at radius 2 is 1.88 bits per heavy atom. The predicted molar refractivity (Wildman–Crippen MR) is 108 cm³/mol. The highest BCUT2D eigenvalue weighted by Gasteiger charge is 2.19. The van der Waals surface area contributed by atoms with Crippen LogP contribution >= 0.6 is 27.5 Å². The second-order valence-corrected chi connectivity index (χ2v) is 8.82. The van der Waals surface area contributed by atoms with E-state index in [9.17, 15) is 8.42 Å². The van der Waals surface area contributed by atoms with E-state index in [1.807, 2.05) is 37.3 Å². The van der Waals surface area contributed by atoms with Gasteiger partial charge in [0.2, 0.25) is 10.0 Å². The summed E-state index contributed by atoms with van der Waals surface area (Å²) in [6, 6.07) is 15.7. The number of aromatic nitrogens is 1. The quantitative estimate of drug-likeness (QED) is 0.580. The third kappa shape index (κ3) is 4.32. The van der Waals surface area contributed by atoms with Gasteiger partial charge in [-0.25, -0.2) is 13.1 Å². The van der Waals surface area contributed by atoms with Crippen molar-refractivity contribution in [2.75, 3.05) is 0 Å². The minimum Gasteiger partial charge on any atom is -0.263 e. The van der Waals surface area contributed by atoms with Crippen LogP contribution in [-0.4, -0.2) is 13.4 Å². The fraction of sp³-hybridized carbons (Fsp3) is 0.105. The summed E-state index contributed by atoms with van der Waals surface area (Å²) in [5.74, 6) is 0. The van der Waals surface area contributed by atoms with E-state index in [1.165, 1.54) is 0 Å². The summed E-state index contributed by atoms with van der Waals surface area (Å²) in [7, 11) is -3.63. The van der Waals surface area contributed by atoms with Gasteiger partial charge in [-0.3, -0.25) is 4.98 Å². The van der Waals surface area contributed by atoms with Crippen molar-refractivity contribution in [3.63, 3.8) is 0 Å². The SMILES string of the molecule is C[C@H](NS(=O)(=O)c1cccc(Br)c1)c1cccc(-c2ccncc2Cl)c1. The van der Waals surface area contributed by atoms with E-state index in [4.69, 9.17) is 11.6 Å². The van der Waals surface area contributed by atoms with Crippen molar-refractivity contribution in [1.29, 1.82) is 0 Å². The highest BCUT2D eigenvalue weighted by molar-refractivity contribution is 9.10. The lowest BCUT2D eigenvalue weighted by Gasteiger charge is -2.16. The van der Waals surface area contributed by atoms with E-state index in [-0.39, 0.29) is 4.90 Å². The third-order valence-electron chi connectivity index (χ3n) is 3.91. The first-order chi connectivity index (χ1) is 12.4. The smallest absolute Gasteiger partial charge is 0.241 e. The normalized spacial score (nSPS) is 12.7. The maximum absolute atomic E-state index is 12.6. The Morgan fingerprint density at radius 3 is 2.62 bits per heavy atom. The van der Waals surface area contributed by atoms with Crippen LogP contribution in [0.3, 0.4) is 0 Å². The number of benzene rings is 2. The van der Waals surface area contributed by atoms with E-state index in [1.54, 1.807) is 36.7 Å². The van der Waals surface area contributed by atoms with Crippen LogP contribution in [0.15, 0.2) is 76.4 Å². The van der Waals surface area contributed by atoms with Crippen LogP contribution in [-0.2, 0) is 10.0 Å². The molecule has 0 saturated carbocycles. The molecule has 0 aliphatic heterocycles. The topological polar surface area (TPSA) is 59.1 Å². The summed E-state index contributed by atoms with van der Waals surface area (Å²) >= 11 is 9.51. The highest BCUT2D eigenvalue weighted by atomic mass is 79.9. The van der Waals surface area contributed by atoms with Crippen molar-refractivity contribution >= 4 is 37.6 Å². The first kappa shape index (κ1) is 19.0. The van der Waals surface area contributed by atoms with E-state index in [2.05, 4.69) is 25.6 Å². The summed E-state index contributed by atoms with van der Waals surface area (Å²) in [6.07, 6.45) is 3.26. The molecule has 0 unspecified atom stereocenters. The number of nitrogens with one attached hydrogen (secondary N) is 1. The van der Waals surface area contributed by atoms with E-state index in [0.29, 0.717) is 9.50 Å². The molecule has 0 aliphatic rings. The molecule has 0 fully saturated rings. The van der Waals surface area contributed by atoms with Crippen molar-refractivity contribution in [1.82, 2.24) is 9.71 Å². The molecule has 1 atom stereocenters. The maximum Gasteiger partial charge on any atom is 0.241 e. The molecule has 3 aromatic rings. The molecule has 26 heavy (non-hydrogen) atoms. The summed E-state index contributed by atoms with van der Waals surface area (Å²) in [5.41, 5.74) is 2.60. The van der Waals surface area contributed by atoms with Gasteiger partial charge in [-0.2, -0.15) is 0 Å². The standard InChI is InChI=1S/C19H16BrClN2O2S/c1-13(23-26(24,25)17-7-3-6-16(20)11-17)14-4-2-5-15(10-14)18-8-9-22-12-19(18)21/h2-13,23H,1H3/t13-/m0/s1. The zero-order valence-corrected chi connectivity index (χ0v) is 17.0. The molecule has 3 rings (SSSR count). The minimum atomic E-state index is -3.63. The Hall–Kier alpha value is -1.73. The number of halogens is 2. The van der Waals surface area contributed by atoms with Gasteiger partial charge in [0.05, 0.1) is 9.92 Å². The average Bonchev–Trinajstić information content (AvgIpc) is 2.62. The zero-order valence-electron chi connectivity index (χ0n) is 13.9. The summed E-state index contributed by atoms with van der Waals surface area (Å²) in [5, 5.41) is 0.548. The molecule has 2 aromatic carbocycles. The fourth-order valence-corrected chi connectivity index (χ4v) is 4.64. The summed E-state index contributed by atoms with van der Waals surface area (Å²) in [6.45, 7) is 1.81. The lowest BCUT2D eigenvalue weighted by molar-refractivity contribution is 0.567. The fourth-order valence-electron chi connectivity index (χ4n) is 2.59. The van der Waals surface area contributed by atoms with Gasteiger partial charge in [-0.1, -0.05) is 51.8 Å². The van der Waals surface area contributed by atoms with Gasteiger partial charge in [-0.15, -0.1) is 0 Å². The largest absolute Gasteiger partial charge is 0.263 e. The van der Waals surface area contributed by atoms with Crippen LogP contribution in [0.2, 0.25) is 5.02 Å². The molecular formula is C19H16BrClN2O2S. The second kappa shape index (κ2) is 7.88. The van der Waals surface area contributed by atoms with Gasteiger partial charge < -0.3 is 0 Å². The van der Waals surface area contributed by atoms with Gasteiger partial charge in [0.25, 0.3) is 0 Å². The first-order valence-electron chi connectivity index (χ1n) is 7.84. The molecule has 0 amide bonds. The monoisotopic (exact) mass is 450 g/mol. The van der Waals surface area contributed by atoms with Gasteiger partial charge in [0.1, 0.15) is 0 Å². The van der Waals surface area contributed by atoms with Gasteiger partial charge in [0.15, 0.2) is 0 Å². The van der Waals surface area contributed by atoms with E-state index >= 15 is 0 Å². The van der Waals surface area contributed by atoms with Crippen LogP contribution in [0, 0.1) is 0 Å². The Kier molecular flexibility index (Phi) is 5.77. The van der Waals surface area contributed by atoms with Crippen LogP contribution in [0.25, 0.3) is 11.1 Å². The highest BCUT2D eigenvalue weighted by Crippen LogP contribution is 2.29. The van der Waals surface area contributed by atoms with E-state index in [0.717, 1.165) is 16.7 Å². The molecule has 1 heterocycles. The average molecular weight is 452 g/mol. The molecule has 0 spiro atoms. The van der Waals surface area contributed by atoms with Gasteiger partial charge in [0, 0.05) is 28.5 Å². The predicted octanol–water partition coefficient (Wildman–Crippen LogP) is 5.20. The van der Waals surface area contributed by atoms with Crippen molar-refractivity contribution in [2.45, 2.75) is 17.9 Å². The molecule has 0 aliphatic carbocycles. The summed E-state index contributed by atoms with van der Waals surface area (Å²) < 4.78 is 28.7. The van der Waals surface area contributed by atoms with Crippen molar-refractivity contribution in [2.24, 2.45) is 0 Å². The third-order valence-corrected chi connectivity index (χ3v) is 6.24. The number of sulfonamides is 1. The number of hydrogen-bond donors (Lipinski definition) is 1. The van der Waals surface area contributed by atoms with Crippen LogP contribution < -0.4 is 4.72 Å². The lowest BCUT2D eigenvalue weighted by atomic mass is 10.0. The van der Waals surface area contributed by atoms with Crippen molar-refractivity contribution < 1.29 is 8.42 Å². The zero-order chi connectivity index (χ0) is 18.7. The Labute approximate surface area is 166 Å². The maximum atomic E-state index is 12.6. The first-order valence-corrected chi connectivity index (χ1v) is 10.5. The molecule has 1 aromatic heterocycles. The number of hydrogen-bond acceptors (Lipinski definition) is 3. The Balaban J connectivity index is 1.88. The Morgan fingerprint density at radius 1 is 1.12 bits per heavy atom. The number of nitrogens with zero attached hydrogens (tertiary/aromatic N) is 1. The molecule has 134 valence electrons. The van der Waals surface area contributed by atoms with E-state index < -0.39 is 16.1 Å². The van der Waals surface area contributed by atoms with Gasteiger partial charge in [-0.05, 0) is 48.4 Å². The van der Waals surface area contributed by atoms with Crippen LogP contribution in [0.5, 0.6) is 0 Å². The second-order valence-electron chi connectivity index (χ2n) is 5.78. The molecule has 0 radical (unpaired) electrons. The minimum absolute atomic E-state index is 0.215. The van der Waals surface area contributed by atoms with Crippen molar-refractivity contribution in [3.05, 3.63) is 82.0 Å². The molecule has 1 N–H and O–H groups in total. The lowest BCUT2D eigenvalue weighted by Crippen LogP contribution is -2.26.